The molecule has 188 valence electrons. The van der Waals surface area contributed by atoms with Crippen molar-refractivity contribution in [3.63, 3.8) is 0 Å². The number of ether oxygens (including phenoxy) is 2. The first-order chi connectivity index (χ1) is 16.9. The van der Waals surface area contributed by atoms with Crippen molar-refractivity contribution in [1.29, 1.82) is 0 Å². The van der Waals surface area contributed by atoms with Gasteiger partial charge in [-0.15, -0.1) is 0 Å². The maximum absolute atomic E-state index is 13.0. The van der Waals surface area contributed by atoms with Crippen molar-refractivity contribution in [1.82, 2.24) is 9.80 Å². The third-order valence-corrected chi connectivity index (χ3v) is 8.72. The van der Waals surface area contributed by atoms with E-state index in [4.69, 9.17) is 9.47 Å². The number of rotatable bonds is 7. The molecule has 3 unspecified atom stereocenters. The summed E-state index contributed by atoms with van der Waals surface area (Å²) >= 11 is 0. The summed E-state index contributed by atoms with van der Waals surface area (Å²) in [6, 6.07) is 17.5. The van der Waals surface area contributed by atoms with Gasteiger partial charge in [0.05, 0.1) is 5.60 Å². The third-order valence-electron chi connectivity index (χ3n) is 8.72. The first-order valence-electron chi connectivity index (χ1n) is 13.0. The van der Waals surface area contributed by atoms with Crippen molar-refractivity contribution in [2.75, 3.05) is 33.8 Å². The van der Waals surface area contributed by atoms with Crippen LogP contribution in [0.1, 0.15) is 49.7 Å². The highest BCUT2D eigenvalue weighted by molar-refractivity contribution is 5.67. The van der Waals surface area contributed by atoms with Gasteiger partial charge in [-0.05, 0) is 74.2 Å². The topological polar surface area (TPSA) is 62.2 Å². The van der Waals surface area contributed by atoms with Crippen LogP contribution in [0.4, 0.5) is 4.79 Å². The molecule has 2 aromatic rings. The lowest BCUT2D eigenvalue weighted by molar-refractivity contribution is -0.154. The summed E-state index contributed by atoms with van der Waals surface area (Å²) in [6.45, 7) is 3.32. The summed E-state index contributed by atoms with van der Waals surface area (Å²) in [5, 5.41) is 10.4. The van der Waals surface area contributed by atoms with Gasteiger partial charge < -0.3 is 24.4 Å². The van der Waals surface area contributed by atoms with Crippen LogP contribution in [-0.4, -0.2) is 66.4 Å². The molecular formula is C29H38N2O4. The van der Waals surface area contributed by atoms with Crippen LogP contribution in [0.25, 0.3) is 0 Å². The molecule has 6 heteroatoms. The number of carbonyl (C=O) groups is 1. The van der Waals surface area contributed by atoms with Gasteiger partial charge in [0.25, 0.3) is 0 Å². The highest BCUT2D eigenvalue weighted by atomic mass is 16.6. The van der Waals surface area contributed by atoms with E-state index in [1.807, 2.05) is 56.6 Å². The molecule has 0 aromatic heterocycles. The second kappa shape index (κ2) is 9.82. The molecule has 1 aliphatic heterocycles. The van der Waals surface area contributed by atoms with Crippen molar-refractivity contribution in [2.24, 2.45) is 5.92 Å². The molecule has 2 aliphatic carbocycles. The summed E-state index contributed by atoms with van der Waals surface area (Å²) in [5.41, 5.74) is 1.47. The third kappa shape index (κ3) is 4.78. The second-order valence-corrected chi connectivity index (χ2v) is 10.8. The van der Waals surface area contributed by atoms with Gasteiger partial charge in [-0.2, -0.15) is 0 Å². The zero-order chi connectivity index (χ0) is 24.5. The molecule has 3 fully saturated rings. The van der Waals surface area contributed by atoms with Gasteiger partial charge in [0.2, 0.25) is 0 Å². The fourth-order valence-corrected chi connectivity index (χ4v) is 6.49. The van der Waals surface area contributed by atoms with E-state index < -0.39 is 0 Å². The molecule has 3 atom stereocenters. The molecule has 2 saturated carbocycles. The monoisotopic (exact) mass is 478 g/mol. The zero-order valence-electron chi connectivity index (χ0n) is 21.0. The lowest BCUT2D eigenvalue weighted by Gasteiger charge is -2.60. The average Bonchev–Trinajstić information content (AvgIpc) is 3.71. The summed E-state index contributed by atoms with van der Waals surface area (Å²) < 4.78 is 12.1. The molecule has 1 amide bonds. The highest BCUT2D eigenvalue weighted by Gasteiger charge is 2.59. The zero-order valence-corrected chi connectivity index (χ0v) is 21.0. The number of aromatic hydroxyl groups is 1. The number of methoxy groups -OCH3 is 1. The van der Waals surface area contributed by atoms with Crippen molar-refractivity contribution in [3.8, 4) is 5.75 Å². The van der Waals surface area contributed by atoms with E-state index in [9.17, 15) is 9.90 Å². The van der Waals surface area contributed by atoms with Gasteiger partial charge in [-0.3, -0.25) is 0 Å². The number of piperidine rings is 1. The molecule has 0 spiro atoms. The molecule has 1 heterocycles. The summed E-state index contributed by atoms with van der Waals surface area (Å²) in [5.74, 6) is 1.11. The minimum atomic E-state index is -0.348. The van der Waals surface area contributed by atoms with E-state index in [2.05, 4.69) is 11.0 Å². The van der Waals surface area contributed by atoms with Crippen LogP contribution in [0.3, 0.4) is 0 Å². The van der Waals surface area contributed by atoms with Gasteiger partial charge in [0.15, 0.2) is 0 Å². The molecule has 2 aromatic carbocycles. The predicted molar refractivity (Wildman–Crippen MR) is 135 cm³/mol. The average molecular weight is 479 g/mol. The van der Waals surface area contributed by atoms with E-state index in [1.165, 1.54) is 12.8 Å². The molecular weight excluding hydrogens is 440 g/mol. The Morgan fingerprint density at radius 1 is 1.11 bits per heavy atom. The summed E-state index contributed by atoms with van der Waals surface area (Å²) in [7, 11) is 3.70. The van der Waals surface area contributed by atoms with E-state index in [1.54, 1.807) is 11.0 Å². The molecule has 0 bridgehead atoms. The molecule has 3 aliphatic rings. The first kappa shape index (κ1) is 24.1. The fourth-order valence-electron chi connectivity index (χ4n) is 6.49. The van der Waals surface area contributed by atoms with Crippen LogP contribution in [0.5, 0.6) is 5.75 Å². The number of hydrogen-bond donors (Lipinski definition) is 1. The van der Waals surface area contributed by atoms with Crippen LogP contribution in [0.2, 0.25) is 0 Å². The first-order valence-corrected chi connectivity index (χ1v) is 13.0. The number of phenolic OH excluding ortho intramolecular Hbond substituents is 1. The predicted octanol–water partition coefficient (Wildman–Crippen LogP) is 4.95. The van der Waals surface area contributed by atoms with Gasteiger partial charge in [0.1, 0.15) is 12.4 Å². The summed E-state index contributed by atoms with van der Waals surface area (Å²) in [6.07, 6.45) is 5.85. The number of benzene rings is 2. The van der Waals surface area contributed by atoms with Gasteiger partial charge in [-0.1, -0.05) is 42.5 Å². The minimum absolute atomic E-state index is 0.0406. The largest absolute Gasteiger partial charge is 0.508 e. The maximum Gasteiger partial charge on any atom is 0.410 e. The highest BCUT2D eigenvalue weighted by Crippen LogP contribution is 2.54. The Labute approximate surface area is 208 Å². The lowest BCUT2D eigenvalue weighted by Crippen LogP contribution is -2.68. The SMILES string of the molecule is COC12CCC(N(C)C(=O)OCc3ccccc3)CC1(c1cccc(O)c1)CCN(CC1CC1)C2. The number of carbonyl (C=O) groups excluding carboxylic acids is 1. The Morgan fingerprint density at radius 3 is 2.63 bits per heavy atom. The quantitative estimate of drug-likeness (QED) is 0.610. The number of fused-ring (bicyclic) bond motifs is 1. The van der Waals surface area contributed by atoms with Crippen LogP contribution in [0, 0.1) is 5.92 Å². The van der Waals surface area contributed by atoms with Crippen molar-refractivity contribution in [3.05, 3.63) is 65.7 Å². The van der Waals surface area contributed by atoms with Crippen LogP contribution >= 0.6 is 0 Å². The number of nitrogens with zero attached hydrogens (tertiary/aromatic N) is 2. The number of phenols is 1. The molecule has 6 nitrogen and oxygen atoms in total. The smallest absolute Gasteiger partial charge is 0.410 e. The van der Waals surface area contributed by atoms with Crippen LogP contribution in [-0.2, 0) is 21.5 Å². The molecule has 1 saturated heterocycles. The number of hydrogen-bond acceptors (Lipinski definition) is 5. The Balaban J connectivity index is 1.38. The molecule has 35 heavy (non-hydrogen) atoms. The van der Waals surface area contributed by atoms with Crippen molar-refractivity contribution in [2.45, 2.75) is 62.2 Å². The molecule has 0 radical (unpaired) electrons. The Bertz CT molecular complexity index is 1030. The van der Waals surface area contributed by atoms with Crippen LogP contribution in [0.15, 0.2) is 54.6 Å². The van der Waals surface area contributed by atoms with Gasteiger partial charge in [0, 0.05) is 38.7 Å². The second-order valence-electron chi connectivity index (χ2n) is 10.8. The lowest BCUT2D eigenvalue weighted by atomic mass is 9.55. The Morgan fingerprint density at radius 2 is 1.91 bits per heavy atom. The molecule has 5 rings (SSSR count). The Kier molecular flexibility index (Phi) is 6.78. The van der Waals surface area contributed by atoms with E-state index in [0.29, 0.717) is 0 Å². The summed E-state index contributed by atoms with van der Waals surface area (Å²) in [4.78, 5) is 17.4. The van der Waals surface area contributed by atoms with E-state index in [0.717, 1.165) is 62.4 Å². The van der Waals surface area contributed by atoms with Crippen LogP contribution < -0.4 is 0 Å². The maximum atomic E-state index is 13.0. The standard InChI is InChI=1S/C29H38N2O4/c1-30(27(33)35-20-23-7-4-3-5-8-23)25-13-14-29(34-2)21-31(19-22-11-12-22)16-15-28(29,18-25)24-9-6-10-26(32)17-24/h3-10,17,22,25,32H,11-16,18-21H2,1-2H3. The normalized spacial score (nSPS) is 28.8. The van der Waals surface area contributed by atoms with E-state index >= 15 is 0 Å². The molecule has 1 N–H and O–H groups in total. The Hall–Kier alpha value is -2.57. The number of amides is 1. The van der Waals surface area contributed by atoms with Crippen molar-refractivity contribution >= 4 is 6.09 Å². The van der Waals surface area contributed by atoms with Gasteiger partial charge in [-0.25, -0.2) is 4.79 Å². The number of likely N-dealkylation sites (tertiary alicyclic amines) is 1. The van der Waals surface area contributed by atoms with Crippen molar-refractivity contribution < 1.29 is 19.4 Å². The fraction of sp³-hybridized carbons (Fsp3) is 0.552. The minimum Gasteiger partial charge on any atom is -0.508 e. The van der Waals surface area contributed by atoms with E-state index in [-0.39, 0.29) is 35.5 Å². The van der Waals surface area contributed by atoms with Gasteiger partial charge >= 0.3 is 6.09 Å².